The van der Waals surface area contributed by atoms with Gasteiger partial charge in [0.15, 0.2) is 11.6 Å². The van der Waals surface area contributed by atoms with Crippen LogP contribution in [0.5, 0.6) is 5.75 Å². The summed E-state index contributed by atoms with van der Waals surface area (Å²) in [4.78, 5) is 16.6. The fourth-order valence-electron chi connectivity index (χ4n) is 2.57. The Bertz CT molecular complexity index is 952. The van der Waals surface area contributed by atoms with Crippen molar-refractivity contribution < 1.29 is 13.9 Å². The maximum atomic E-state index is 14.6. The monoisotopic (exact) mass is 384 g/mol. The molecule has 0 aliphatic rings. The Labute approximate surface area is 161 Å². The fourth-order valence-corrected chi connectivity index (χ4v) is 3.28. The molecule has 3 aromatic rings. The molecule has 0 saturated carbocycles. The largest absolute Gasteiger partial charge is 0.486 e. The number of carbonyl (C=O) groups excluding carboxylic acids is 1. The highest BCUT2D eigenvalue weighted by molar-refractivity contribution is 7.16. The molecule has 2 aromatic carbocycles. The molecule has 1 amide bonds. The second-order valence-electron chi connectivity index (χ2n) is 6.02. The van der Waals surface area contributed by atoms with E-state index in [0.29, 0.717) is 17.7 Å². The second-order valence-corrected chi connectivity index (χ2v) is 6.90. The number of ether oxygens (including phenoxy) is 1. The van der Waals surface area contributed by atoms with Gasteiger partial charge in [-0.1, -0.05) is 37.6 Å². The number of hydrogen-bond donors (Lipinski definition) is 1. The lowest BCUT2D eigenvalue weighted by Gasteiger charge is -2.10. The standard InChI is InChI=1S/C21H21FN2O2S/c1-2-3-4-5-11-26-18-8-6-7-16(20(18)22)13-23-21(25)15-9-10-17-19(12-15)27-14-24-17/h4-10,12,14H,2-3,11,13H2,1H3,(H,23,25). The van der Waals surface area contributed by atoms with Gasteiger partial charge in [0.05, 0.1) is 15.7 Å². The van der Waals surface area contributed by atoms with Crippen LogP contribution in [0, 0.1) is 5.82 Å². The van der Waals surface area contributed by atoms with Crippen molar-refractivity contribution in [2.75, 3.05) is 6.61 Å². The summed E-state index contributed by atoms with van der Waals surface area (Å²) in [6.07, 6.45) is 5.94. The van der Waals surface area contributed by atoms with Gasteiger partial charge < -0.3 is 10.1 Å². The summed E-state index contributed by atoms with van der Waals surface area (Å²) in [5, 5.41) is 2.76. The average molecular weight is 384 g/mol. The minimum atomic E-state index is -0.445. The van der Waals surface area contributed by atoms with Gasteiger partial charge in [0.25, 0.3) is 5.91 Å². The van der Waals surface area contributed by atoms with Crippen molar-refractivity contribution >= 4 is 27.5 Å². The SMILES string of the molecule is CCCC=CCOc1cccc(CNC(=O)c2ccc3ncsc3c2)c1F. The van der Waals surface area contributed by atoms with Gasteiger partial charge in [-0.25, -0.2) is 9.37 Å². The van der Waals surface area contributed by atoms with Crippen LogP contribution in [-0.4, -0.2) is 17.5 Å². The second kappa shape index (κ2) is 9.28. The Morgan fingerprint density at radius 2 is 2.19 bits per heavy atom. The molecule has 0 bridgehead atoms. The van der Waals surface area contributed by atoms with Gasteiger partial charge in [-0.05, 0) is 30.7 Å². The van der Waals surface area contributed by atoms with Crippen molar-refractivity contribution in [3.8, 4) is 5.75 Å². The molecule has 1 heterocycles. The predicted octanol–water partition coefficient (Wildman–Crippen LogP) is 5.10. The van der Waals surface area contributed by atoms with Gasteiger partial charge in [-0.3, -0.25) is 4.79 Å². The van der Waals surface area contributed by atoms with Crippen LogP contribution in [0.4, 0.5) is 4.39 Å². The first-order valence-electron chi connectivity index (χ1n) is 8.85. The van der Waals surface area contributed by atoms with E-state index in [1.165, 1.54) is 11.3 Å². The van der Waals surface area contributed by atoms with E-state index >= 15 is 0 Å². The summed E-state index contributed by atoms with van der Waals surface area (Å²) in [7, 11) is 0. The maximum absolute atomic E-state index is 14.6. The molecule has 3 rings (SSSR count). The highest BCUT2D eigenvalue weighted by Gasteiger charge is 2.12. The number of allylic oxidation sites excluding steroid dienone is 1. The Morgan fingerprint density at radius 3 is 3.04 bits per heavy atom. The molecule has 0 fully saturated rings. The number of hydrogen-bond acceptors (Lipinski definition) is 4. The van der Waals surface area contributed by atoms with Crippen molar-refractivity contribution in [2.24, 2.45) is 0 Å². The number of amides is 1. The third-order valence-electron chi connectivity index (χ3n) is 4.03. The number of nitrogens with one attached hydrogen (secondary N) is 1. The van der Waals surface area contributed by atoms with E-state index in [0.717, 1.165) is 23.1 Å². The number of fused-ring (bicyclic) bond motifs is 1. The van der Waals surface area contributed by atoms with Crippen molar-refractivity contribution in [3.05, 3.63) is 71.0 Å². The number of carbonyl (C=O) groups is 1. The summed E-state index contributed by atoms with van der Waals surface area (Å²) in [5.74, 6) is -0.507. The number of nitrogens with zero attached hydrogens (tertiary/aromatic N) is 1. The molecule has 0 atom stereocenters. The zero-order valence-corrected chi connectivity index (χ0v) is 15.9. The first-order chi connectivity index (χ1) is 13.2. The number of thiazole rings is 1. The average Bonchev–Trinajstić information content (AvgIpc) is 3.15. The maximum Gasteiger partial charge on any atom is 0.251 e. The highest BCUT2D eigenvalue weighted by atomic mass is 32.1. The molecule has 0 saturated heterocycles. The Hall–Kier alpha value is -2.73. The number of benzene rings is 2. The molecule has 6 heteroatoms. The van der Waals surface area contributed by atoms with Crippen molar-refractivity contribution in [2.45, 2.75) is 26.3 Å². The van der Waals surface area contributed by atoms with Crippen LogP contribution in [0.25, 0.3) is 10.2 Å². The van der Waals surface area contributed by atoms with E-state index in [2.05, 4.69) is 17.2 Å². The van der Waals surface area contributed by atoms with Crippen LogP contribution in [-0.2, 0) is 6.54 Å². The summed E-state index contributed by atoms with van der Waals surface area (Å²) in [6, 6.07) is 10.3. The van der Waals surface area contributed by atoms with Crippen LogP contribution < -0.4 is 10.1 Å². The molecule has 0 unspecified atom stereocenters. The highest BCUT2D eigenvalue weighted by Crippen LogP contribution is 2.21. The minimum Gasteiger partial charge on any atom is -0.486 e. The summed E-state index contributed by atoms with van der Waals surface area (Å²) in [5.41, 5.74) is 3.52. The van der Waals surface area contributed by atoms with Crippen LogP contribution in [0.15, 0.2) is 54.1 Å². The van der Waals surface area contributed by atoms with Gasteiger partial charge in [0.2, 0.25) is 0 Å². The molecular weight excluding hydrogens is 363 g/mol. The molecule has 140 valence electrons. The number of rotatable bonds is 8. The number of unbranched alkanes of at least 4 members (excludes halogenated alkanes) is 1. The normalized spacial score (nSPS) is 11.2. The fraction of sp³-hybridized carbons (Fsp3) is 0.238. The Kier molecular flexibility index (Phi) is 6.54. The molecule has 0 radical (unpaired) electrons. The van der Waals surface area contributed by atoms with Gasteiger partial charge in [-0.15, -0.1) is 11.3 Å². The van der Waals surface area contributed by atoms with Crippen LogP contribution >= 0.6 is 11.3 Å². The lowest BCUT2D eigenvalue weighted by molar-refractivity contribution is 0.0950. The van der Waals surface area contributed by atoms with E-state index < -0.39 is 5.82 Å². The molecule has 0 spiro atoms. The summed E-state index contributed by atoms with van der Waals surface area (Å²) in [6.45, 7) is 2.51. The lowest BCUT2D eigenvalue weighted by Crippen LogP contribution is -2.23. The zero-order chi connectivity index (χ0) is 19.1. The molecule has 4 nitrogen and oxygen atoms in total. The third kappa shape index (κ3) is 4.92. The first kappa shape index (κ1) is 19.0. The molecule has 0 aliphatic carbocycles. The topological polar surface area (TPSA) is 51.2 Å². The number of aromatic nitrogens is 1. The van der Waals surface area contributed by atoms with E-state index in [-0.39, 0.29) is 18.2 Å². The molecule has 0 aliphatic heterocycles. The minimum absolute atomic E-state index is 0.0915. The summed E-state index contributed by atoms with van der Waals surface area (Å²) < 4.78 is 21.0. The van der Waals surface area contributed by atoms with E-state index in [1.54, 1.807) is 35.8 Å². The smallest absolute Gasteiger partial charge is 0.251 e. The van der Waals surface area contributed by atoms with Gasteiger partial charge in [-0.2, -0.15) is 0 Å². The zero-order valence-electron chi connectivity index (χ0n) is 15.1. The molecule has 27 heavy (non-hydrogen) atoms. The Balaban J connectivity index is 1.61. The third-order valence-corrected chi connectivity index (χ3v) is 4.82. The van der Waals surface area contributed by atoms with Gasteiger partial charge in [0, 0.05) is 17.7 Å². The van der Waals surface area contributed by atoms with Gasteiger partial charge in [0.1, 0.15) is 6.61 Å². The first-order valence-corrected chi connectivity index (χ1v) is 9.73. The van der Waals surface area contributed by atoms with Crippen molar-refractivity contribution in [3.63, 3.8) is 0 Å². The molecule has 1 aromatic heterocycles. The van der Waals surface area contributed by atoms with Crippen molar-refractivity contribution in [1.29, 1.82) is 0 Å². The van der Waals surface area contributed by atoms with Crippen LogP contribution in [0.3, 0.4) is 0 Å². The van der Waals surface area contributed by atoms with Crippen LogP contribution in [0.2, 0.25) is 0 Å². The quantitative estimate of drug-likeness (QED) is 0.550. The molecular formula is C21H21FN2O2S. The Morgan fingerprint density at radius 1 is 1.30 bits per heavy atom. The van der Waals surface area contributed by atoms with Gasteiger partial charge >= 0.3 is 0 Å². The van der Waals surface area contributed by atoms with E-state index in [1.807, 2.05) is 18.2 Å². The van der Waals surface area contributed by atoms with Crippen LogP contribution in [0.1, 0.15) is 35.7 Å². The summed E-state index contributed by atoms with van der Waals surface area (Å²) >= 11 is 1.48. The predicted molar refractivity (Wildman–Crippen MR) is 107 cm³/mol. The number of halogens is 1. The lowest BCUT2D eigenvalue weighted by atomic mass is 10.1. The van der Waals surface area contributed by atoms with E-state index in [4.69, 9.17) is 4.74 Å². The van der Waals surface area contributed by atoms with Crippen molar-refractivity contribution in [1.82, 2.24) is 10.3 Å². The molecule has 1 N–H and O–H groups in total. The van der Waals surface area contributed by atoms with E-state index in [9.17, 15) is 9.18 Å².